The van der Waals surface area contributed by atoms with Gasteiger partial charge in [-0.15, -0.1) is 0 Å². The molecule has 1 aromatic carbocycles. The first-order chi connectivity index (χ1) is 8.95. The lowest BCUT2D eigenvalue weighted by Crippen LogP contribution is -2.03. The van der Waals surface area contributed by atoms with E-state index in [-0.39, 0.29) is 5.03 Å². The van der Waals surface area contributed by atoms with Crippen molar-refractivity contribution >= 4 is 15.5 Å². The molecule has 5 heteroatoms. The van der Waals surface area contributed by atoms with Crippen LogP contribution in [0.15, 0.2) is 47.6 Å². The molecule has 0 fully saturated rings. The van der Waals surface area contributed by atoms with E-state index < -0.39 is 9.84 Å². The van der Waals surface area contributed by atoms with Gasteiger partial charge in [0.15, 0.2) is 14.9 Å². The first-order valence-corrected chi connectivity index (χ1v) is 7.80. The first-order valence-electron chi connectivity index (χ1n) is 5.91. The summed E-state index contributed by atoms with van der Waals surface area (Å²) >= 11 is 0. The zero-order valence-electron chi connectivity index (χ0n) is 10.9. The minimum absolute atomic E-state index is 0.0911. The van der Waals surface area contributed by atoms with Crippen molar-refractivity contribution < 1.29 is 8.42 Å². The number of hydrogen-bond acceptors (Lipinski definition) is 4. The molecule has 0 radical (unpaired) electrons. The number of benzene rings is 1. The van der Waals surface area contributed by atoms with Gasteiger partial charge in [0.2, 0.25) is 0 Å². The highest BCUT2D eigenvalue weighted by molar-refractivity contribution is 7.90. The van der Waals surface area contributed by atoms with E-state index in [1.165, 1.54) is 17.8 Å². The lowest BCUT2D eigenvalue weighted by molar-refractivity contribution is 0.598. The number of pyridine rings is 1. The standard InChI is InChI=1S/C14H16N2O2S/c1-11-3-5-12(6-4-11)9-15-13-7-8-14(16-10-13)19(2,17)18/h3-8,10,15H,9H2,1-2H3. The summed E-state index contributed by atoms with van der Waals surface area (Å²) in [7, 11) is -3.23. The highest BCUT2D eigenvalue weighted by Crippen LogP contribution is 2.12. The molecule has 0 aliphatic heterocycles. The predicted octanol–water partition coefficient (Wildman–Crippen LogP) is 2.41. The van der Waals surface area contributed by atoms with Crippen LogP contribution in [0.25, 0.3) is 0 Å². The molecule has 4 nitrogen and oxygen atoms in total. The summed E-state index contributed by atoms with van der Waals surface area (Å²) in [5.41, 5.74) is 3.19. The summed E-state index contributed by atoms with van der Waals surface area (Å²) in [5, 5.41) is 3.29. The van der Waals surface area contributed by atoms with E-state index in [0.29, 0.717) is 6.54 Å². The van der Waals surface area contributed by atoms with Gasteiger partial charge in [-0.05, 0) is 24.6 Å². The van der Waals surface area contributed by atoms with E-state index >= 15 is 0 Å². The molecule has 1 N–H and O–H groups in total. The van der Waals surface area contributed by atoms with Crippen molar-refractivity contribution in [3.63, 3.8) is 0 Å². The Morgan fingerprint density at radius 1 is 1.11 bits per heavy atom. The summed E-state index contributed by atoms with van der Waals surface area (Å²) in [6, 6.07) is 11.5. The van der Waals surface area contributed by atoms with Gasteiger partial charge in [-0.3, -0.25) is 0 Å². The van der Waals surface area contributed by atoms with Crippen molar-refractivity contribution in [1.82, 2.24) is 4.98 Å². The highest BCUT2D eigenvalue weighted by atomic mass is 32.2. The van der Waals surface area contributed by atoms with Crippen LogP contribution in [-0.2, 0) is 16.4 Å². The van der Waals surface area contributed by atoms with Gasteiger partial charge in [0, 0.05) is 12.8 Å². The summed E-state index contributed by atoms with van der Waals surface area (Å²) in [5.74, 6) is 0. The fraction of sp³-hybridized carbons (Fsp3) is 0.214. The van der Waals surface area contributed by atoms with Gasteiger partial charge in [0.05, 0.1) is 11.9 Å². The average molecular weight is 276 g/mol. The molecule has 1 heterocycles. The molecule has 0 atom stereocenters. The topological polar surface area (TPSA) is 59.1 Å². The summed E-state index contributed by atoms with van der Waals surface area (Å²) < 4.78 is 22.5. The van der Waals surface area contributed by atoms with Crippen molar-refractivity contribution in [1.29, 1.82) is 0 Å². The molecule has 19 heavy (non-hydrogen) atoms. The maximum absolute atomic E-state index is 11.3. The third-order valence-electron chi connectivity index (χ3n) is 2.73. The zero-order chi connectivity index (χ0) is 13.9. The quantitative estimate of drug-likeness (QED) is 0.931. The van der Waals surface area contributed by atoms with Crippen molar-refractivity contribution in [3.05, 3.63) is 53.7 Å². The number of nitrogens with one attached hydrogen (secondary N) is 1. The zero-order valence-corrected chi connectivity index (χ0v) is 11.7. The third kappa shape index (κ3) is 3.79. The molecule has 1 aromatic heterocycles. The summed E-state index contributed by atoms with van der Waals surface area (Å²) in [4.78, 5) is 3.93. The largest absolute Gasteiger partial charge is 0.380 e. The van der Waals surface area contributed by atoms with Crippen molar-refractivity contribution in [2.45, 2.75) is 18.5 Å². The van der Waals surface area contributed by atoms with E-state index in [1.54, 1.807) is 6.07 Å². The summed E-state index contributed by atoms with van der Waals surface area (Å²) in [6.07, 6.45) is 2.68. The lowest BCUT2D eigenvalue weighted by Gasteiger charge is -2.07. The Labute approximate surface area is 113 Å². The number of hydrogen-bond donors (Lipinski definition) is 1. The Balaban J connectivity index is 2.02. The van der Waals surface area contributed by atoms with Crippen LogP contribution in [0.3, 0.4) is 0 Å². The van der Waals surface area contributed by atoms with Crippen LogP contribution in [0.4, 0.5) is 5.69 Å². The highest BCUT2D eigenvalue weighted by Gasteiger charge is 2.07. The number of anilines is 1. The second kappa shape index (κ2) is 5.40. The maximum atomic E-state index is 11.3. The third-order valence-corrected chi connectivity index (χ3v) is 3.73. The molecule has 0 saturated heterocycles. The molecule has 0 unspecified atom stereocenters. The lowest BCUT2D eigenvalue weighted by atomic mass is 10.1. The number of aryl methyl sites for hydroxylation is 1. The molecule has 0 amide bonds. The second-order valence-corrected chi connectivity index (χ2v) is 6.46. The van der Waals surface area contributed by atoms with Crippen LogP contribution < -0.4 is 5.32 Å². The van der Waals surface area contributed by atoms with E-state index in [0.717, 1.165) is 17.5 Å². The van der Waals surface area contributed by atoms with E-state index in [2.05, 4.69) is 34.6 Å². The summed E-state index contributed by atoms with van der Waals surface area (Å²) in [6.45, 7) is 2.73. The van der Waals surface area contributed by atoms with Gasteiger partial charge >= 0.3 is 0 Å². The Hall–Kier alpha value is -1.88. The van der Waals surface area contributed by atoms with Crippen LogP contribution >= 0.6 is 0 Å². The van der Waals surface area contributed by atoms with Crippen LogP contribution in [-0.4, -0.2) is 19.7 Å². The average Bonchev–Trinajstić information content (AvgIpc) is 2.37. The molecule has 0 bridgehead atoms. The van der Waals surface area contributed by atoms with Crippen molar-refractivity contribution in [3.8, 4) is 0 Å². The molecule has 2 aromatic rings. The Kier molecular flexibility index (Phi) is 3.85. The Bertz CT molecular complexity index is 647. The monoisotopic (exact) mass is 276 g/mol. The fourth-order valence-electron chi connectivity index (χ4n) is 1.61. The van der Waals surface area contributed by atoms with Crippen LogP contribution in [0.1, 0.15) is 11.1 Å². The van der Waals surface area contributed by atoms with Gasteiger partial charge in [-0.1, -0.05) is 29.8 Å². The minimum atomic E-state index is -3.23. The maximum Gasteiger partial charge on any atom is 0.192 e. The second-order valence-electron chi connectivity index (χ2n) is 4.50. The Morgan fingerprint density at radius 2 is 1.79 bits per heavy atom. The molecule has 0 spiro atoms. The SMILES string of the molecule is Cc1ccc(CNc2ccc(S(C)(=O)=O)nc2)cc1. The molecule has 100 valence electrons. The van der Waals surface area contributed by atoms with Gasteiger partial charge in [-0.25, -0.2) is 13.4 Å². The van der Waals surface area contributed by atoms with E-state index in [4.69, 9.17) is 0 Å². The predicted molar refractivity (Wildman–Crippen MR) is 75.9 cm³/mol. The smallest absolute Gasteiger partial charge is 0.192 e. The number of aromatic nitrogens is 1. The van der Waals surface area contributed by atoms with Gasteiger partial charge in [0.1, 0.15) is 0 Å². The first kappa shape index (κ1) is 13.5. The van der Waals surface area contributed by atoms with E-state index in [1.807, 2.05) is 6.92 Å². The minimum Gasteiger partial charge on any atom is -0.380 e. The molecule has 0 saturated carbocycles. The molecular weight excluding hydrogens is 260 g/mol. The van der Waals surface area contributed by atoms with Gasteiger partial charge in [0.25, 0.3) is 0 Å². The van der Waals surface area contributed by atoms with Crippen LogP contribution in [0, 0.1) is 6.92 Å². The van der Waals surface area contributed by atoms with Gasteiger partial charge < -0.3 is 5.32 Å². The van der Waals surface area contributed by atoms with Crippen molar-refractivity contribution in [2.24, 2.45) is 0 Å². The van der Waals surface area contributed by atoms with Crippen LogP contribution in [0.2, 0.25) is 0 Å². The molecule has 0 aliphatic carbocycles. The normalized spacial score (nSPS) is 11.3. The van der Waals surface area contributed by atoms with Crippen molar-refractivity contribution in [2.75, 3.05) is 11.6 Å². The number of nitrogens with zero attached hydrogens (tertiary/aromatic N) is 1. The molecule has 0 aliphatic rings. The fourth-order valence-corrected chi connectivity index (χ4v) is 2.17. The van der Waals surface area contributed by atoms with Crippen LogP contribution in [0.5, 0.6) is 0 Å². The number of rotatable bonds is 4. The Morgan fingerprint density at radius 3 is 2.32 bits per heavy atom. The molecule has 2 rings (SSSR count). The van der Waals surface area contributed by atoms with E-state index in [9.17, 15) is 8.42 Å². The number of sulfone groups is 1. The molecular formula is C14H16N2O2S. The van der Waals surface area contributed by atoms with Gasteiger partial charge in [-0.2, -0.15) is 0 Å².